The molecule has 3 amide bonds. The number of aromatic hydroxyl groups is 1. The molecule has 44 heavy (non-hydrogen) atoms. The molecule has 0 aromatic heterocycles. The predicted octanol–water partition coefficient (Wildman–Crippen LogP) is 2.14. The van der Waals surface area contributed by atoms with Gasteiger partial charge in [-0.05, 0) is 63.5 Å². The number of aliphatic hydroxyl groups is 3. The highest BCUT2D eigenvalue weighted by atomic mass is 16.3. The van der Waals surface area contributed by atoms with Crippen LogP contribution in [0, 0.1) is 18.8 Å². The fourth-order valence-electron chi connectivity index (χ4n) is 6.71. The summed E-state index contributed by atoms with van der Waals surface area (Å²) < 4.78 is 0. The zero-order valence-electron chi connectivity index (χ0n) is 24.9. The summed E-state index contributed by atoms with van der Waals surface area (Å²) >= 11 is 0. The third-order valence-electron chi connectivity index (χ3n) is 8.74. The second-order valence-electron chi connectivity index (χ2n) is 11.9. The van der Waals surface area contributed by atoms with Gasteiger partial charge >= 0.3 is 6.03 Å². The number of urea groups is 1. The van der Waals surface area contributed by atoms with E-state index in [-0.39, 0.29) is 29.7 Å². The number of likely N-dealkylation sites (N-methyl/N-ethyl adjacent to an activating group) is 1. The van der Waals surface area contributed by atoms with Gasteiger partial charge in [-0.3, -0.25) is 19.3 Å². The molecule has 0 aliphatic heterocycles. The SMILES string of the molecule is Cc1ccc(NC(=O)Nc2cc(N(C)C)c3c(c2O)C(=O)C2=C(O)[C@]4(O)C(=O)C(C(N)=O)=C(O)[C@@H](N(C)C)[C@@H]4C[C@@H]2C3)cc1. The minimum absolute atomic E-state index is 0.0294. The van der Waals surface area contributed by atoms with E-state index in [0.717, 1.165) is 5.56 Å². The zero-order chi connectivity index (χ0) is 32.4. The highest BCUT2D eigenvalue weighted by Crippen LogP contribution is 2.53. The quantitative estimate of drug-likeness (QED) is 0.195. The lowest BCUT2D eigenvalue weighted by molar-refractivity contribution is -0.148. The molecule has 4 atom stereocenters. The molecular formula is C31H35N5O8. The fraction of sp³-hybridized carbons (Fsp3) is 0.355. The number of amides is 3. The van der Waals surface area contributed by atoms with E-state index in [1.807, 2.05) is 19.1 Å². The normalized spacial score (nSPS) is 24.5. The minimum atomic E-state index is -2.74. The molecule has 8 N–H and O–H groups in total. The van der Waals surface area contributed by atoms with Crippen molar-refractivity contribution >= 4 is 40.6 Å². The first-order chi connectivity index (χ1) is 20.6. The van der Waals surface area contributed by atoms with E-state index in [4.69, 9.17) is 5.73 Å². The number of hydrogen-bond acceptors (Lipinski definition) is 10. The van der Waals surface area contributed by atoms with Crippen molar-refractivity contribution in [2.75, 3.05) is 43.7 Å². The van der Waals surface area contributed by atoms with Crippen LogP contribution in [-0.2, 0) is 16.0 Å². The third kappa shape index (κ3) is 4.55. The van der Waals surface area contributed by atoms with Gasteiger partial charge in [-0.25, -0.2) is 4.79 Å². The molecule has 13 nitrogen and oxygen atoms in total. The van der Waals surface area contributed by atoms with E-state index in [1.54, 1.807) is 45.2 Å². The third-order valence-corrected chi connectivity index (χ3v) is 8.74. The molecule has 0 unspecified atom stereocenters. The Kier molecular flexibility index (Phi) is 7.42. The molecule has 3 aliphatic rings. The number of nitrogens with zero attached hydrogens (tertiary/aromatic N) is 2. The van der Waals surface area contributed by atoms with Crippen LogP contribution in [0.25, 0.3) is 0 Å². The number of primary amides is 1. The van der Waals surface area contributed by atoms with E-state index in [1.165, 1.54) is 11.0 Å². The molecule has 0 fully saturated rings. The smallest absolute Gasteiger partial charge is 0.323 e. The van der Waals surface area contributed by atoms with Crippen molar-refractivity contribution in [1.29, 1.82) is 0 Å². The summed E-state index contributed by atoms with van der Waals surface area (Å²) in [7, 11) is 6.59. The van der Waals surface area contributed by atoms with Crippen molar-refractivity contribution in [1.82, 2.24) is 4.90 Å². The lowest BCUT2D eigenvalue weighted by atomic mass is 9.58. The van der Waals surface area contributed by atoms with Crippen LogP contribution in [0.5, 0.6) is 5.75 Å². The molecule has 232 valence electrons. The Bertz CT molecular complexity index is 1680. The number of hydrogen-bond donors (Lipinski definition) is 7. The van der Waals surface area contributed by atoms with Gasteiger partial charge in [0, 0.05) is 37.0 Å². The highest BCUT2D eigenvalue weighted by molar-refractivity contribution is 6.25. The standard InChI is InChI=1S/C31H35N5O8/c1-13-6-8-15(9-7-13)33-30(43)34-18-12-19(35(2)3)16-10-14-11-17-23(36(4)5)26(39)22(29(32)42)28(41)31(17,44)27(40)20(14)25(38)21(16)24(18)37/h6-9,12,14,17,23,37,39-40,44H,10-11H2,1-5H3,(H2,32,42)(H2,33,34,43)/t14-,17-,23-,31-/m0/s1. The van der Waals surface area contributed by atoms with Crippen LogP contribution in [0.2, 0.25) is 0 Å². The lowest BCUT2D eigenvalue weighted by Crippen LogP contribution is -2.63. The molecule has 5 rings (SSSR count). The van der Waals surface area contributed by atoms with Crippen LogP contribution in [0.15, 0.2) is 53.0 Å². The number of carbonyl (C=O) groups is 4. The molecule has 0 saturated heterocycles. The van der Waals surface area contributed by atoms with Gasteiger partial charge in [0.2, 0.25) is 5.78 Å². The Morgan fingerprint density at radius 1 is 1.02 bits per heavy atom. The van der Waals surface area contributed by atoms with Crippen molar-refractivity contribution in [3.63, 3.8) is 0 Å². The van der Waals surface area contributed by atoms with Gasteiger partial charge in [0.15, 0.2) is 17.1 Å². The number of phenolic OH excluding ortho intramolecular Hbond substituents is 1. The van der Waals surface area contributed by atoms with Crippen molar-refractivity contribution in [2.45, 2.75) is 31.4 Å². The molecule has 2 aromatic carbocycles. The van der Waals surface area contributed by atoms with E-state index in [9.17, 15) is 39.6 Å². The van der Waals surface area contributed by atoms with Gasteiger partial charge in [-0.15, -0.1) is 0 Å². The molecule has 0 radical (unpaired) electrons. The molecule has 0 heterocycles. The molecular weight excluding hydrogens is 570 g/mol. The van der Waals surface area contributed by atoms with Gasteiger partial charge in [0.05, 0.1) is 17.3 Å². The maximum Gasteiger partial charge on any atom is 0.323 e. The van der Waals surface area contributed by atoms with Gasteiger partial charge in [0.25, 0.3) is 5.91 Å². The highest BCUT2D eigenvalue weighted by Gasteiger charge is 2.63. The number of anilines is 3. The Hall–Kier alpha value is -4.88. The molecule has 3 aliphatic carbocycles. The number of phenols is 1. The second kappa shape index (κ2) is 10.7. The van der Waals surface area contributed by atoms with Gasteiger partial charge in [0.1, 0.15) is 17.1 Å². The van der Waals surface area contributed by atoms with Crippen LogP contribution < -0.4 is 21.3 Å². The largest absolute Gasteiger partial charge is 0.510 e. The number of allylic oxidation sites excluding steroid dienone is 1. The number of nitrogens with two attached hydrogens (primary N) is 1. The van der Waals surface area contributed by atoms with Crippen molar-refractivity contribution in [2.24, 2.45) is 17.6 Å². The summed E-state index contributed by atoms with van der Waals surface area (Å²) in [6.07, 6.45) is 0.0871. The molecule has 13 heteroatoms. The maximum atomic E-state index is 14.1. The summed E-state index contributed by atoms with van der Waals surface area (Å²) in [5.41, 5.74) is 3.65. The van der Waals surface area contributed by atoms with Crippen LogP contribution in [-0.4, -0.2) is 88.7 Å². The number of Topliss-reactive ketones (excluding diaryl/α,β-unsaturated/α-hetero) is 2. The number of benzene rings is 2. The Balaban J connectivity index is 1.62. The average molecular weight is 606 g/mol. The Morgan fingerprint density at radius 2 is 1.66 bits per heavy atom. The number of rotatable bonds is 5. The summed E-state index contributed by atoms with van der Waals surface area (Å²) in [5.74, 6) is -7.45. The average Bonchev–Trinajstić information content (AvgIpc) is 2.93. The molecule has 2 aromatic rings. The first-order valence-corrected chi connectivity index (χ1v) is 13.9. The van der Waals surface area contributed by atoms with E-state index in [0.29, 0.717) is 16.9 Å². The Morgan fingerprint density at radius 3 is 2.23 bits per heavy atom. The predicted molar refractivity (Wildman–Crippen MR) is 162 cm³/mol. The van der Waals surface area contributed by atoms with E-state index >= 15 is 0 Å². The van der Waals surface area contributed by atoms with Crippen LogP contribution in [0.4, 0.5) is 21.9 Å². The second-order valence-corrected chi connectivity index (χ2v) is 11.9. The van der Waals surface area contributed by atoms with Crippen LogP contribution >= 0.6 is 0 Å². The number of fused-ring (bicyclic) bond motifs is 3. The van der Waals surface area contributed by atoms with E-state index in [2.05, 4.69) is 10.6 Å². The first kappa shape index (κ1) is 30.6. The van der Waals surface area contributed by atoms with Gasteiger partial charge in [-0.2, -0.15) is 0 Å². The molecule has 0 saturated carbocycles. The lowest BCUT2D eigenvalue weighted by Gasteiger charge is -2.50. The number of carbonyl (C=O) groups excluding carboxylic acids is 4. The Labute approximate surface area is 253 Å². The monoisotopic (exact) mass is 605 g/mol. The summed E-state index contributed by atoms with van der Waals surface area (Å²) in [6.45, 7) is 1.90. The number of ketones is 2. The number of aliphatic hydroxyl groups excluding tert-OH is 2. The molecule has 0 bridgehead atoms. The summed E-state index contributed by atoms with van der Waals surface area (Å²) in [6, 6.07) is 6.81. The van der Waals surface area contributed by atoms with E-state index < -0.39 is 69.8 Å². The topological polar surface area (TPSA) is 206 Å². The van der Waals surface area contributed by atoms with Crippen molar-refractivity contribution in [3.8, 4) is 5.75 Å². The summed E-state index contributed by atoms with van der Waals surface area (Å²) in [4.78, 5) is 55.9. The summed E-state index contributed by atoms with van der Waals surface area (Å²) in [5, 5.41) is 50.8. The fourth-order valence-corrected chi connectivity index (χ4v) is 6.71. The van der Waals surface area contributed by atoms with Gasteiger partial charge < -0.3 is 41.7 Å². The number of aryl methyl sites for hydroxylation is 1. The molecule has 0 spiro atoms. The maximum absolute atomic E-state index is 14.1. The number of nitrogens with one attached hydrogen (secondary N) is 2. The first-order valence-electron chi connectivity index (χ1n) is 13.9. The minimum Gasteiger partial charge on any atom is -0.510 e. The zero-order valence-corrected chi connectivity index (χ0v) is 24.9. The van der Waals surface area contributed by atoms with Crippen molar-refractivity contribution < 1.29 is 39.6 Å². The van der Waals surface area contributed by atoms with Gasteiger partial charge in [-0.1, -0.05) is 17.7 Å². The van der Waals surface area contributed by atoms with Crippen molar-refractivity contribution in [3.05, 3.63) is 69.7 Å². The van der Waals surface area contributed by atoms with Crippen LogP contribution in [0.3, 0.4) is 0 Å². The van der Waals surface area contributed by atoms with Crippen LogP contribution in [0.1, 0.15) is 27.9 Å².